The number of nitrogens with one attached hydrogen (secondary N) is 1. The summed E-state index contributed by atoms with van der Waals surface area (Å²) in [6.07, 6.45) is 0. The van der Waals surface area contributed by atoms with Gasteiger partial charge in [0.05, 0.1) is 4.90 Å². The summed E-state index contributed by atoms with van der Waals surface area (Å²) < 4.78 is 22.7. The molecule has 2 rings (SSSR count). The predicted octanol–water partition coefficient (Wildman–Crippen LogP) is -0.424. The standard InChI is InChI=1S/C13H23N5O2S/c1-17-4-6-18(7-5-17)3-2-16-12-8-11(14)9-13(10-12)21(15,19)20/h8-10,16H,2-7,14H2,1H3,(H2,15,19,20). The molecular weight excluding hydrogens is 290 g/mol. The molecule has 0 saturated carbocycles. The van der Waals surface area contributed by atoms with Gasteiger partial charge in [0.25, 0.3) is 0 Å². The van der Waals surface area contributed by atoms with Crippen molar-refractivity contribution in [2.45, 2.75) is 4.90 Å². The predicted molar refractivity (Wildman–Crippen MR) is 84.7 cm³/mol. The molecule has 1 heterocycles. The molecule has 0 aromatic heterocycles. The maximum Gasteiger partial charge on any atom is 0.238 e. The van der Waals surface area contributed by atoms with Crippen molar-refractivity contribution in [1.29, 1.82) is 0 Å². The zero-order valence-electron chi connectivity index (χ0n) is 12.2. The lowest BCUT2D eigenvalue weighted by molar-refractivity contribution is 0.158. The highest BCUT2D eigenvalue weighted by molar-refractivity contribution is 7.89. The molecule has 1 aliphatic heterocycles. The van der Waals surface area contributed by atoms with Gasteiger partial charge in [-0.15, -0.1) is 0 Å². The summed E-state index contributed by atoms with van der Waals surface area (Å²) in [5, 5.41) is 8.33. The maximum absolute atomic E-state index is 11.4. The number of benzene rings is 1. The Morgan fingerprint density at radius 2 is 1.86 bits per heavy atom. The van der Waals surface area contributed by atoms with Crippen molar-refractivity contribution >= 4 is 21.4 Å². The van der Waals surface area contributed by atoms with E-state index < -0.39 is 10.0 Å². The molecule has 1 saturated heterocycles. The van der Waals surface area contributed by atoms with Gasteiger partial charge in [-0.2, -0.15) is 0 Å². The molecule has 1 aromatic carbocycles. The maximum atomic E-state index is 11.4. The van der Waals surface area contributed by atoms with Crippen molar-refractivity contribution in [1.82, 2.24) is 9.80 Å². The summed E-state index contributed by atoms with van der Waals surface area (Å²) in [6, 6.07) is 4.58. The number of nitrogen functional groups attached to an aromatic ring is 1. The van der Waals surface area contributed by atoms with Crippen LogP contribution in [-0.2, 0) is 10.0 Å². The largest absolute Gasteiger partial charge is 0.399 e. The fourth-order valence-electron chi connectivity index (χ4n) is 2.32. The summed E-state index contributed by atoms with van der Waals surface area (Å²) in [5.74, 6) is 0. The van der Waals surface area contributed by atoms with Crippen LogP contribution < -0.4 is 16.2 Å². The molecule has 0 aliphatic carbocycles. The topological polar surface area (TPSA) is 105 Å². The molecule has 7 nitrogen and oxygen atoms in total. The van der Waals surface area contributed by atoms with E-state index in [1.807, 2.05) is 0 Å². The molecule has 0 radical (unpaired) electrons. The van der Waals surface area contributed by atoms with Crippen LogP contribution in [0.2, 0.25) is 0 Å². The number of sulfonamides is 1. The van der Waals surface area contributed by atoms with Gasteiger partial charge in [0.1, 0.15) is 0 Å². The van der Waals surface area contributed by atoms with Crippen LogP contribution in [0.4, 0.5) is 11.4 Å². The SMILES string of the molecule is CN1CCN(CCNc2cc(N)cc(S(N)(=O)=O)c2)CC1. The number of hydrogen-bond donors (Lipinski definition) is 3. The van der Waals surface area contributed by atoms with Crippen molar-refractivity contribution in [2.75, 3.05) is 57.4 Å². The molecule has 8 heteroatoms. The van der Waals surface area contributed by atoms with Crippen LogP contribution in [0.3, 0.4) is 0 Å². The number of primary sulfonamides is 1. The smallest absolute Gasteiger partial charge is 0.238 e. The van der Waals surface area contributed by atoms with Gasteiger partial charge in [-0.3, -0.25) is 4.90 Å². The normalized spacial score (nSPS) is 17.8. The Morgan fingerprint density at radius 3 is 2.48 bits per heavy atom. The van der Waals surface area contributed by atoms with E-state index in [9.17, 15) is 8.42 Å². The number of nitrogens with zero attached hydrogens (tertiary/aromatic N) is 2. The first-order valence-corrected chi connectivity index (χ1v) is 8.47. The molecule has 118 valence electrons. The number of nitrogens with two attached hydrogens (primary N) is 2. The van der Waals surface area contributed by atoms with Gasteiger partial charge in [0.15, 0.2) is 0 Å². The fourth-order valence-corrected chi connectivity index (χ4v) is 2.91. The Balaban J connectivity index is 1.90. The van der Waals surface area contributed by atoms with Crippen LogP contribution in [0.25, 0.3) is 0 Å². The number of hydrogen-bond acceptors (Lipinski definition) is 6. The Morgan fingerprint density at radius 1 is 1.19 bits per heavy atom. The number of rotatable bonds is 5. The lowest BCUT2D eigenvalue weighted by Crippen LogP contribution is -2.45. The quantitative estimate of drug-likeness (QED) is 0.638. The fraction of sp³-hybridized carbons (Fsp3) is 0.538. The highest BCUT2D eigenvalue weighted by Gasteiger charge is 2.13. The molecular formula is C13H23N5O2S. The van der Waals surface area contributed by atoms with E-state index in [0.29, 0.717) is 11.4 Å². The summed E-state index contributed by atoms with van der Waals surface area (Å²) in [6.45, 7) is 5.90. The third kappa shape index (κ3) is 4.85. The highest BCUT2D eigenvalue weighted by Crippen LogP contribution is 2.19. The number of likely N-dealkylation sites (N-methyl/N-ethyl adjacent to an activating group) is 1. The van der Waals surface area contributed by atoms with Crippen LogP contribution >= 0.6 is 0 Å². The molecule has 1 aromatic rings. The minimum Gasteiger partial charge on any atom is -0.399 e. The van der Waals surface area contributed by atoms with Crippen LogP contribution in [0.1, 0.15) is 0 Å². The van der Waals surface area contributed by atoms with Gasteiger partial charge < -0.3 is 16.0 Å². The lowest BCUT2D eigenvalue weighted by atomic mass is 10.2. The zero-order chi connectivity index (χ0) is 15.5. The van der Waals surface area contributed by atoms with E-state index in [1.54, 1.807) is 6.07 Å². The highest BCUT2D eigenvalue weighted by atomic mass is 32.2. The average Bonchev–Trinajstić information content (AvgIpc) is 2.39. The average molecular weight is 313 g/mol. The summed E-state index contributed by atoms with van der Waals surface area (Å²) in [5.41, 5.74) is 6.76. The minimum absolute atomic E-state index is 0.0320. The summed E-state index contributed by atoms with van der Waals surface area (Å²) >= 11 is 0. The van der Waals surface area contributed by atoms with Crippen LogP contribution in [-0.4, -0.2) is 64.5 Å². The molecule has 0 amide bonds. The van der Waals surface area contributed by atoms with E-state index in [0.717, 1.165) is 39.3 Å². The van der Waals surface area contributed by atoms with Gasteiger partial charge in [0, 0.05) is 50.6 Å². The first-order chi connectivity index (χ1) is 9.84. The van der Waals surface area contributed by atoms with E-state index in [-0.39, 0.29) is 4.90 Å². The molecule has 1 fully saturated rings. The Bertz CT molecular complexity index is 582. The van der Waals surface area contributed by atoms with Crippen LogP contribution in [0, 0.1) is 0 Å². The van der Waals surface area contributed by atoms with Gasteiger partial charge in [0.2, 0.25) is 10.0 Å². The van der Waals surface area contributed by atoms with Crippen LogP contribution in [0.15, 0.2) is 23.1 Å². The second-order valence-corrected chi connectivity index (χ2v) is 6.97. The Hall–Kier alpha value is -1.35. The van der Waals surface area contributed by atoms with E-state index in [4.69, 9.17) is 10.9 Å². The van der Waals surface area contributed by atoms with Crippen molar-refractivity contribution in [3.63, 3.8) is 0 Å². The third-order valence-electron chi connectivity index (χ3n) is 3.61. The summed E-state index contributed by atoms with van der Waals surface area (Å²) in [7, 11) is -1.61. The number of anilines is 2. The van der Waals surface area contributed by atoms with Gasteiger partial charge in [-0.25, -0.2) is 13.6 Å². The second-order valence-electron chi connectivity index (χ2n) is 5.41. The van der Waals surface area contributed by atoms with E-state index in [1.165, 1.54) is 12.1 Å². The van der Waals surface area contributed by atoms with Crippen molar-refractivity contribution in [3.8, 4) is 0 Å². The first kappa shape index (κ1) is 16.0. The number of piperazine rings is 1. The Kier molecular flexibility index (Phi) is 5.04. The monoisotopic (exact) mass is 313 g/mol. The molecule has 21 heavy (non-hydrogen) atoms. The molecule has 1 aliphatic rings. The molecule has 5 N–H and O–H groups in total. The van der Waals surface area contributed by atoms with Crippen molar-refractivity contribution < 1.29 is 8.42 Å². The van der Waals surface area contributed by atoms with Crippen LogP contribution in [0.5, 0.6) is 0 Å². The van der Waals surface area contributed by atoms with E-state index in [2.05, 4.69) is 22.2 Å². The van der Waals surface area contributed by atoms with Gasteiger partial charge >= 0.3 is 0 Å². The molecule has 0 spiro atoms. The van der Waals surface area contributed by atoms with E-state index >= 15 is 0 Å². The first-order valence-electron chi connectivity index (χ1n) is 6.93. The second kappa shape index (κ2) is 6.61. The van der Waals surface area contributed by atoms with Gasteiger partial charge in [-0.05, 0) is 25.2 Å². The summed E-state index contributed by atoms with van der Waals surface area (Å²) in [4.78, 5) is 4.71. The molecule has 0 bridgehead atoms. The van der Waals surface area contributed by atoms with Gasteiger partial charge in [-0.1, -0.05) is 0 Å². The molecule has 0 atom stereocenters. The van der Waals surface area contributed by atoms with Crippen molar-refractivity contribution in [3.05, 3.63) is 18.2 Å². The van der Waals surface area contributed by atoms with Crippen molar-refractivity contribution in [2.24, 2.45) is 5.14 Å². The Labute approximate surface area is 125 Å². The third-order valence-corrected chi connectivity index (χ3v) is 4.50. The lowest BCUT2D eigenvalue weighted by Gasteiger charge is -2.32. The zero-order valence-corrected chi connectivity index (χ0v) is 13.1. The minimum atomic E-state index is -3.74. The molecule has 0 unspecified atom stereocenters.